The number of azo groups is 2. The Bertz CT molecular complexity index is 2700. The Kier molecular flexibility index (Phi) is 8.72. The van der Waals surface area contributed by atoms with Crippen LogP contribution in [-0.4, -0.2) is 94.0 Å². The lowest BCUT2D eigenvalue weighted by atomic mass is 10.2. The molecule has 0 bridgehead atoms. The number of methoxy groups -OCH3 is 2. The number of rotatable bonds is 12. The second-order valence-electron chi connectivity index (χ2n) is 12.3. The van der Waals surface area contributed by atoms with Gasteiger partial charge in [0, 0.05) is 41.0 Å². The number of aryl methyl sites for hydroxylation is 2. The molecule has 0 aliphatic heterocycles. The largest absolute Gasteiger partial charge is 0.465 e. The highest BCUT2D eigenvalue weighted by molar-refractivity contribution is 7.08. The number of anilines is 2. The lowest BCUT2D eigenvalue weighted by Gasteiger charge is -2.06. The summed E-state index contributed by atoms with van der Waals surface area (Å²) in [6, 6.07) is 1.58. The number of aromatic nitrogens is 14. The molecule has 0 radical (unpaired) electrons. The first kappa shape index (κ1) is 35.9. The van der Waals surface area contributed by atoms with Crippen molar-refractivity contribution in [1.29, 1.82) is 0 Å². The quantitative estimate of drug-likeness (QED) is 0.0979. The van der Waals surface area contributed by atoms with E-state index in [9.17, 15) is 9.59 Å². The number of carbonyl (C=O) groups excluding carboxylic acids is 2. The van der Waals surface area contributed by atoms with Crippen LogP contribution in [0.2, 0.25) is 0 Å². The van der Waals surface area contributed by atoms with Crippen molar-refractivity contribution in [3.63, 3.8) is 0 Å². The molecular weight excluding hydrogens is 793 g/mol. The van der Waals surface area contributed by atoms with E-state index >= 15 is 0 Å². The predicted octanol–water partition coefficient (Wildman–Crippen LogP) is 4.41. The van der Waals surface area contributed by atoms with Gasteiger partial charge in [0.05, 0.1) is 26.6 Å². The molecule has 0 amide bonds. The van der Waals surface area contributed by atoms with E-state index in [1.807, 2.05) is 24.3 Å². The highest BCUT2D eigenvalue weighted by atomic mass is 32.1. The molecule has 0 fully saturated rings. The summed E-state index contributed by atoms with van der Waals surface area (Å²) in [5.41, 5.74) is 14.9. The Labute approximate surface area is 332 Å². The van der Waals surface area contributed by atoms with E-state index in [-0.39, 0.29) is 69.2 Å². The number of esters is 2. The average molecular weight is 819 g/mol. The van der Waals surface area contributed by atoms with E-state index in [0.717, 1.165) is 23.1 Å². The fraction of sp³-hybridized carbons (Fsp3) is 0.188. The van der Waals surface area contributed by atoms with Crippen LogP contribution in [-0.2, 0) is 9.47 Å². The van der Waals surface area contributed by atoms with Crippen LogP contribution in [0.25, 0.3) is 21.9 Å². The maximum atomic E-state index is 12.6. The summed E-state index contributed by atoms with van der Waals surface area (Å²) in [7, 11) is 2.50. The minimum absolute atomic E-state index is 0.0505. The number of nitrogen functional groups attached to an aromatic ring is 2. The Morgan fingerprint density at radius 3 is 1.47 bits per heavy atom. The van der Waals surface area contributed by atoms with Crippen molar-refractivity contribution in [2.75, 3.05) is 25.7 Å². The molecule has 58 heavy (non-hydrogen) atoms. The van der Waals surface area contributed by atoms with Gasteiger partial charge >= 0.3 is 11.9 Å². The standard InChI is InChI=1S/C32H26N20O4S2/c1-13-39-31(57-47-13)51-27(17(10-37-51)29(53)55-3)43-41-23-21(15-5-6-15)45-49(25(23)33)19-9-20(36-12-35-19)50-26(34)24(22(46-50)16-7-8-16)42-44-28-18(30(54)56-4)11-38-52(28)32-40-14(2)48-58-32/h5-12,15-16H,33-34H2,1-4H3. The summed E-state index contributed by atoms with van der Waals surface area (Å²) in [6.07, 6.45) is 11.6. The molecule has 9 rings (SSSR count). The summed E-state index contributed by atoms with van der Waals surface area (Å²) >= 11 is 2.14. The predicted molar refractivity (Wildman–Crippen MR) is 203 cm³/mol. The van der Waals surface area contributed by atoms with Crippen LogP contribution < -0.4 is 11.5 Å². The van der Waals surface area contributed by atoms with Crippen LogP contribution >= 0.6 is 23.1 Å². The lowest BCUT2D eigenvalue weighted by molar-refractivity contribution is 0.0592. The third-order valence-corrected chi connectivity index (χ3v) is 10.1. The highest BCUT2D eigenvalue weighted by Crippen LogP contribution is 2.43. The fourth-order valence-corrected chi connectivity index (χ4v) is 6.81. The van der Waals surface area contributed by atoms with E-state index in [1.54, 1.807) is 19.9 Å². The Morgan fingerprint density at radius 2 is 1.10 bits per heavy atom. The molecule has 2 aliphatic carbocycles. The summed E-state index contributed by atoms with van der Waals surface area (Å²) in [4.78, 5) is 42.9. The molecule has 7 aromatic heterocycles. The molecule has 0 saturated carbocycles. The van der Waals surface area contributed by atoms with Gasteiger partial charge in [-0.2, -0.15) is 47.9 Å². The van der Waals surface area contributed by atoms with E-state index in [1.165, 1.54) is 51.7 Å². The molecule has 7 aromatic rings. The zero-order valence-corrected chi connectivity index (χ0v) is 32.1. The smallest absolute Gasteiger partial charge is 0.343 e. The first-order chi connectivity index (χ1) is 28.1. The molecule has 26 heteroatoms. The first-order valence-electron chi connectivity index (χ1n) is 16.9. The van der Waals surface area contributed by atoms with Gasteiger partial charge in [0.1, 0.15) is 40.5 Å². The highest BCUT2D eigenvalue weighted by Gasteiger charge is 2.30. The maximum absolute atomic E-state index is 12.6. The third-order valence-electron chi connectivity index (χ3n) is 8.50. The van der Waals surface area contributed by atoms with Crippen LogP contribution in [0.3, 0.4) is 0 Å². The molecule has 7 heterocycles. The fourth-order valence-electron chi connectivity index (χ4n) is 5.53. The van der Waals surface area contributed by atoms with Gasteiger partial charge in [-0.05, 0) is 13.8 Å². The first-order valence-corrected chi connectivity index (χ1v) is 18.4. The van der Waals surface area contributed by atoms with Gasteiger partial charge in [-0.1, -0.05) is 24.3 Å². The Hall–Kier alpha value is -7.74. The summed E-state index contributed by atoms with van der Waals surface area (Å²) in [6.45, 7) is 3.46. The number of nitrogens with zero attached hydrogens (tertiary/aromatic N) is 18. The maximum Gasteiger partial charge on any atom is 0.343 e. The van der Waals surface area contributed by atoms with Crippen LogP contribution in [0, 0.1) is 13.8 Å². The lowest BCUT2D eigenvalue weighted by Crippen LogP contribution is -2.09. The molecule has 24 nitrogen and oxygen atoms in total. The molecule has 0 spiro atoms. The van der Waals surface area contributed by atoms with Crippen LogP contribution in [0.4, 0.5) is 34.6 Å². The summed E-state index contributed by atoms with van der Waals surface area (Å²) < 4.78 is 23.7. The van der Waals surface area contributed by atoms with Crippen molar-refractivity contribution in [2.45, 2.75) is 25.7 Å². The van der Waals surface area contributed by atoms with Crippen molar-refractivity contribution < 1.29 is 19.1 Å². The van der Waals surface area contributed by atoms with Crippen LogP contribution in [0.5, 0.6) is 0 Å². The van der Waals surface area contributed by atoms with Crippen LogP contribution in [0.15, 0.2) is 69.5 Å². The molecule has 0 saturated heterocycles. The summed E-state index contributed by atoms with van der Waals surface area (Å²) in [5, 5.41) is 36.5. The van der Waals surface area contributed by atoms with E-state index < -0.39 is 11.9 Å². The Morgan fingerprint density at radius 1 is 0.672 bits per heavy atom. The van der Waals surface area contributed by atoms with Gasteiger partial charge in [-0.15, -0.1) is 20.5 Å². The van der Waals surface area contributed by atoms with E-state index in [0.29, 0.717) is 33.3 Å². The zero-order chi connectivity index (χ0) is 40.2. The van der Waals surface area contributed by atoms with Gasteiger partial charge in [-0.3, -0.25) is 0 Å². The molecule has 290 valence electrons. The van der Waals surface area contributed by atoms with Crippen molar-refractivity contribution in [1.82, 2.24) is 67.8 Å². The number of hydrogen-bond donors (Lipinski definition) is 2. The van der Waals surface area contributed by atoms with Gasteiger partial charge in [-0.25, -0.2) is 29.5 Å². The number of ether oxygens (including phenoxy) is 2. The minimum Gasteiger partial charge on any atom is -0.465 e. The second kappa shape index (κ2) is 14.1. The molecule has 2 aliphatic rings. The average Bonchev–Trinajstić information content (AvgIpc) is 3.92. The molecule has 0 aromatic carbocycles. The topological polar surface area (TPSA) is 303 Å². The molecule has 4 N–H and O–H groups in total. The Balaban J connectivity index is 1.08. The number of nitrogens with two attached hydrogens (primary N) is 2. The SMILES string of the molecule is COC(=O)c1cnn(-c2nc(C)ns2)c1N=Nc1c(C2C=C2)nn(-c2cc(-n3nc(C4C=C4)c(N=Nc4c(C(=O)OC)cnn4-c4nc(C)ns4)c3N)ncn2)c1N. The molecule has 0 unspecified atom stereocenters. The summed E-state index contributed by atoms with van der Waals surface area (Å²) in [5.74, 6) is 0.117. The zero-order valence-electron chi connectivity index (χ0n) is 30.4. The van der Waals surface area contributed by atoms with Gasteiger partial charge in [0.2, 0.25) is 10.3 Å². The normalized spacial score (nSPS) is 13.7. The van der Waals surface area contributed by atoms with E-state index in [2.05, 4.69) is 59.3 Å². The van der Waals surface area contributed by atoms with Gasteiger partial charge in [0.15, 0.2) is 46.3 Å². The van der Waals surface area contributed by atoms with E-state index in [4.69, 9.17) is 31.1 Å². The van der Waals surface area contributed by atoms with Crippen molar-refractivity contribution in [3.8, 4) is 21.9 Å². The van der Waals surface area contributed by atoms with Crippen molar-refractivity contribution in [2.24, 2.45) is 20.5 Å². The van der Waals surface area contributed by atoms with Gasteiger partial charge < -0.3 is 20.9 Å². The number of carbonyl (C=O) groups is 2. The van der Waals surface area contributed by atoms with Crippen LogP contribution in [0.1, 0.15) is 55.6 Å². The molecular formula is C32H26N20O4S2. The molecule has 0 atom stereocenters. The number of hydrogen-bond acceptors (Lipinski definition) is 22. The monoisotopic (exact) mass is 818 g/mol. The second-order valence-corrected chi connectivity index (χ2v) is 13.8. The number of allylic oxidation sites excluding steroid dienone is 4. The van der Waals surface area contributed by atoms with Crippen molar-refractivity contribution >= 4 is 69.6 Å². The van der Waals surface area contributed by atoms with Gasteiger partial charge in [0.25, 0.3) is 0 Å². The third kappa shape index (κ3) is 6.35. The minimum atomic E-state index is -0.674. The van der Waals surface area contributed by atoms with Crippen molar-refractivity contribution in [3.05, 3.63) is 83.3 Å².